The zero-order valence-corrected chi connectivity index (χ0v) is 5.15. The van der Waals surface area contributed by atoms with Gasteiger partial charge in [-0.15, -0.1) is 0 Å². The van der Waals surface area contributed by atoms with E-state index in [0.717, 1.165) is 18.4 Å². The van der Waals surface area contributed by atoms with Crippen molar-refractivity contribution in [2.45, 2.75) is 19.8 Å². The van der Waals surface area contributed by atoms with Gasteiger partial charge >= 0.3 is 0 Å². The van der Waals surface area contributed by atoms with Gasteiger partial charge in [-0.2, -0.15) is 0 Å². The summed E-state index contributed by atoms with van der Waals surface area (Å²) in [5, 5.41) is 6.68. The largest absolute Gasteiger partial charge is 0.405 e. The van der Waals surface area contributed by atoms with E-state index in [0.29, 0.717) is 0 Å². The lowest BCUT2D eigenvalue weighted by atomic mass is 10.2. The van der Waals surface area contributed by atoms with Gasteiger partial charge in [-0.05, 0) is 32.2 Å². The van der Waals surface area contributed by atoms with E-state index in [1.165, 1.54) is 6.21 Å². The Hall–Kier alpha value is -0.790. The maximum atomic E-state index is 6.68. The van der Waals surface area contributed by atoms with Gasteiger partial charge in [0.1, 0.15) is 0 Å². The average molecular weight is 112 g/mol. The van der Waals surface area contributed by atoms with Crippen molar-refractivity contribution < 1.29 is 0 Å². The van der Waals surface area contributed by atoms with Gasteiger partial charge in [0.2, 0.25) is 0 Å². The summed E-state index contributed by atoms with van der Waals surface area (Å²) in [6, 6.07) is 0. The van der Waals surface area contributed by atoms with Crippen LogP contribution in [0.25, 0.3) is 0 Å². The normalized spacial score (nSPS) is 11.4. The number of allylic oxidation sites excluding steroid dienone is 1. The van der Waals surface area contributed by atoms with Crippen LogP contribution in [0.2, 0.25) is 0 Å². The maximum Gasteiger partial charge on any atom is -0.00446 e. The monoisotopic (exact) mass is 112 g/mol. The molecule has 3 N–H and O–H groups in total. The first-order valence-corrected chi connectivity index (χ1v) is 2.67. The minimum absolute atomic E-state index is 0.805. The van der Waals surface area contributed by atoms with Crippen LogP contribution in [0.3, 0.4) is 0 Å². The molecule has 0 aliphatic rings. The fraction of sp³-hybridized carbons (Fsp3) is 0.500. The molecule has 0 spiro atoms. The fourth-order valence-electron chi connectivity index (χ4n) is 0.383. The highest BCUT2D eigenvalue weighted by molar-refractivity contribution is 5.53. The summed E-state index contributed by atoms with van der Waals surface area (Å²) in [6.45, 7) is 1.96. The molecule has 0 bridgehead atoms. The molecule has 2 nitrogen and oxygen atoms in total. The summed E-state index contributed by atoms with van der Waals surface area (Å²) in [7, 11) is 0. The van der Waals surface area contributed by atoms with E-state index in [4.69, 9.17) is 11.1 Å². The zero-order chi connectivity index (χ0) is 6.41. The highest BCUT2D eigenvalue weighted by atomic mass is 14.5. The van der Waals surface area contributed by atoms with Crippen LogP contribution in [-0.4, -0.2) is 6.21 Å². The number of hydrogen-bond acceptors (Lipinski definition) is 2. The molecule has 0 heterocycles. The third kappa shape index (κ3) is 3.40. The molecule has 0 aromatic carbocycles. The summed E-state index contributed by atoms with van der Waals surface area (Å²) in [6.07, 6.45) is 4.70. The third-order valence-electron chi connectivity index (χ3n) is 0.968. The first kappa shape index (κ1) is 7.21. The number of hydrogen-bond donors (Lipinski definition) is 2. The van der Waals surface area contributed by atoms with Crippen LogP contribution < -0.4 is 5.73 Å². The molecule has 0 amide bonds. The molecule has 0 fully saturated rings. The van der Waals surface area contributed by atoms with Crippen LogP contribution in [-0.2, 0) is 0 Å². The SMILES string of the molecule is C/C(=C/N)CCC=N. The molecule has 0 saturated heterocycles. The summed E-state index contributed by atoms with van der Waals surface area (Å²) in [5.74, 6) is 0. The minimum atomic E-state index is 0.805. The first-order valence-electron chi connectivity index (χ1n) is 2.67. The third-order valence-corrected chi connectivity index (χ3v) is 0.968. The van der Waals surface area contributed by atoms with Crippen LogP contribution in [0, 0.1) is 5.41 Å². The van der Waals surface area contributed by atoms with Crippen molar-refractivity contribution in [3.8, 4) is 0 Å². The second kappa shape index (κ2) is 4.37. The van der Waals surface area contributed by atoms with Crippen LogP contribution in [0.4, 0.5) is 0 Å². The predicted molar refractivity (Wildman–Crippen MR) is 36.0 cm³/mol. The number of rotatable bonds is 3. The summed E-state index contributed by atoms with van der Waals surface area (Å²) in [5.41, 5.74) is 6.32. The van der Waals surface area contributed by atoms with Crippen molar-refractivity contribution in [2.24, 2.45) is 5.73 Å². The molecule has 2 heteroatoms. The van der Waals surface area contributed by atoms with Crippen molar-refractivity contribution in [3.05, 3.63) is 11.8 Å². The van der Waals surface area contributed by atoms with Crippen molar-refractivity contribution in [1.82, 2.24) is 0 Å². The van der Waals surface area contributed by atoms with E-state index in [2.05, 4.69) is 0 Å². The highest BCUT2D eigenvalue weighted by Crippen LogP contribution is 1.97. The molecule has 0 atom stereocenters. The fourth-order valence-corrected chi connectivity index (χ4v) is 0.383. The van der Waals surface area contributed by atoms with Crippen LogP contribution >= 0.6 is 0 Å². The summed E-state index contributed by atoms with van der Waals surface area (Å²) in [4.78, 5) is 0. The molecule has 0 rings (SSSR count). The quantitative estimate of drug-likeness (QED) is 0.531. The van der Waals surface area contributed by atoms with Gasteiger partial charge in [0.25, 0.3) is 0 Å². The number of nitrogens with two attached hydrogens (primary N) is 1. The van der Waals surface area contributed by atoms with Crippen molar-refractivity contribution in [1.29, 1.82) is 5.41 Å². The van der Waals surface area contributed by atoms with Gasteiger partial charge < -0.3 is 11.1 Å². The van der Waals surface area contributed by atoms with Crippen LogP contribution in [0.1, 0.15) is 19.8 Å². The molecule has 0 aliphatic carbocycles. The first-order chi connectivity index (χ1) is 3.81. The summed E-state index contributed by atoms with van der Waals surface area (Å²) < 4.78 is 0. The Balaban J connectivity index is 3.24. The molecule has 0 aliphatic heterocycles. The second-order valence-corrected chi connectivity index (χ2v) is 1.76. The molecule has 0 aromatic heterocycles. The van der Waals surface area contributed by atoms with Gasteiger partial charge in [-0.1, -0.05) is 5.57 Å². The highest BCUT2D eigenvalue weighted by Gasteiger charge is 1.83. The van der Waals surface area contributed by atoms with Gasteiger partial charge in [0.05, 0.1) is 0 Å². The van der Waals surface area contributed by atoms with E-state index in [1.807, 2.05) is 6.92 Å². The lowest BCUT2D eigenvalue weighted by Crippen LogP contribution is -1.84. The van der Waals surface area contributed by atoms with E-state index >= 15 is 0 Å². The molecule has 0 aromatic rings. The van der Waals surface area contributed by atoms with E-state index in [9.17, 15) is 0 Å². The molecular formula is C6H12N2. The predicted octanol–water partition coefficient (Wildman–Crippen LogP) is 1.28. The lowest BCUT2D eigenvalue weighted by molar-refractivity contribution is 1.01. The Morgan fingerprint density at radius 1 is 1.75 bits per heavy atom. The van der Waals surface area contributed by atoms with E-state index in [-0.39, 0.29) is 0 Å². The maximum absolute atomic E-state index is 6.68. The Kier molecular flexibility index (Phi) is 3.94. The van der Waals surface area contributed by atoms with Gasteiger partial charge in [-0.3, -0.25) is 0 Å². The summed E-state index contributed by atoms with van der Waals surface area (Å²) >= 11 is 0. The van der Waals surface area contributed by atoms with Crippen LogP contribution in [0.5, 0.6) is 0 Å². The standard InChI is InChI=1S/C6H12N2/c1-6(5-8)3-2-4-7/h4-5,7H,2-3,8H2,1H3/b6-5-,7-4?. The smallest absolute Gasteiger partial charge is 0.00446 e. The van der Waals surface area contributed by atoms with Gasteiger partial charge in [-0.25, -0.2) is 0 Å². The van der Waals surface area contributed by atoms with E-state index < -0.39 is 0 Å². The molecular weight excluding hydrogens is 100 g/mol. The van der Waals surface area contributed by atoms with Crippen LogP contribution in [0.15, 0.2) is 11.8 Å². The molecule has 0 saturated carbocycles. The second-order valence-electron chi connectivity index (χ2n) is 1.76. The van der Waals surface area contributed by atoms with Crippen molar-refractivity contribution in [3.63, 3.8) is 0 Å². The van der Waals surface area contributed by atoms with Gasteiger partial charge in [0, 0.05) is 0 Å². The Labute approximate surface area is 49.9 Å². The van der Waals surface area contributed by atoms with Crippen molar-refractivity contribution >= 4 is 6.21 Å². The molecule has 0 radical (unpaired) electrons. The molecule has 0 unspecified atom stereocenters. The lowest BCUT2D eigenvalue weighted by Gasteiger charge is -1.91. The minimum Gasteiger partial charge on any atom is -0.405 e. The number of nitrogens with one attached hydrogen (secondary N) is 1. The Bertz CT molecular complexity index is 94.7. The van der Waals surface area contributed by atoms with E-state index in [1.54, 1.807) is 6.20 Å². The Morgan fingerprint density at radius 3 is 2.75 bits per heavy atom. The Morgan fingerprint density at radius 2 is 2.38 bits per heavy atom. The average Bonchev–Trinajstić information content (AvgIpc) is 1.83. The van der Waals surface area contributed by atoms with Gasteiger partial charge in [0.15, 0.2) is 0 Å². The topological polar surface area (TPSA) is 49.9 Å². The molecule has 46 valence electrons. The molecule has 8 heavy (non-hydrogen) atoms. The van der Waals surface area contributed by atoms with Crippen molar-refractivity contribution in [2.75, 3.05) is 0 Å². The zero-order valence-electron chi connectivity index (χ0n) is 5.15.